The highest BCUT2D eigenvalue weighted by atomic mass is 16.1. The van der Waals surface area contributed by atoms with Crippen molar-refractivity contribution in [3.63, 3.8) is 0 Å². The van der Waals surface area contributed by atoms with Crippen molar-refractivity contribution >= 4 is 12.1 Å². The third-order valence-corrected chi connectivity index (χ3v) is 3.45. The lowest BCUT2D eigenvalue weighted by molar-refractivity contribution is -0.120. The summed E-state index contributed by atoms with van der Waals surface area (Å²) in [4.78, 5) is 22.4. The number of carbonyl (C=O) groups is 2. The number of aldehydes is 1. The molecule has 2 heteroatoms. The van der Waals surface area contributed by atoms with E-state index in [0.29, 0.717) is 5.57 Å². The van der Waals surface area contributed by atoms with Gasteiger partial charge in [0, 0.05) is 5.92 Å². The molecule has 1 unspecified atom stereocenters. The van der Waals surface area contributed by atoms with Gasteiger partial charge in [-0.15, -0.1) is 0 Å². The molecule has 0 bridgehead atoms. The molecule has 0 aromatic carbocycles. The molecule has 0 N–H and O–H groups in total. The van der Waals surface area contributed by atoms with Gasteiger partial charge in [0.2, 0.25) is 0 Å². The average Bonchev–Trinajstić information content (AvgIpc) is 2.41. The summed E-state index contributed by atoms with van der Waals surface area (Å²) in [5.74, 6) is 0.0603. The molecule has 0 radical (unpaired) electrons. The van der Waals surface area contributed by atoms with Crippen LogP contribution in [0.2, 0.25) is 0 Å². The Bertz CT molecular complexity index is 346. The van der Waals surface area contributed by atoms with Crippen molar-refractivity contribution in [2.24, 2.45) is 11.3 Å². The zero-order chi connectivity index (χ0) is 11.6. The third-order valence-electron chi connectivity index (χ3n) is 3.45. The lowest BCUT2D eigenvalue weighted by Gasteiger charge is -2.27. The number of ketones is 1. The van der Waals surface area contributed by atoms with Crippen LogP contribution >= 0.6 is 0 Å². The summed E-state index contributed by atoms with van der Waals surface area (Å²) >= 11 is 0. The van der Waals surface area contributed by atoms with Gasteiger partial charge in [-0.3, -0.25) is 9.59 Å². The zero-order valence-electron chi connectivity index (χ0n) is 9.83. The van der Waals surface area contributed by atoms with Gasteiger partial charge < -0.3 is 0 Å². The summed E-state index contributed by atoms with van der Waals surface area (Å²) in [6.07, 6.45) is 5.10. The van der Waals surface area contributed by atoms with Crippen LogP contribution in [0.15, 0.2) is 23.3 Å². The van der Waals surface area contributed by atoms with Gasteiger partial charge in [-0.25, -0.2) is 0 Å². The third kappa shape index (κ3) is 2.25. The first-order valence-electron chi connectivity index (χ1n) is 5.24. The zero-order valence-corrected chi connectivity index (χ0v) is 9.83. The molecule has 1 aliphatic rings. The first-order valence-corrected chi connectivity index (χ1v) is 5.24. The van der Waals surface area contributed by atoms with E-state index in [9.17, 15) is 9.59 Å². The van der Waals surface area contributed by atoms with Crippen LogP contribution in [0.25, 0.3) is 0 Å². The molecule has 1 atom stereocenters. The topological polar surface area (TPSA) is 34.1 Å². The van der Waals surface area contributed by atoms with E-state index in [-0.39, 0.29) is 17.1 Å². The molecule has 2 nitrogen and oxygen atoms in total. The Labute approximate surface area is 91.1 Å². The number of allylic oxidation sites excluding steroid dienone is 4. The van der Waals surface area contributed by atoms with E-state index < -0.39 is 0 Å². The van der Waals surface area contributed by atoms with Crippen molar-refractivity contribution in [2.75, 3.05) is 0 Å². The summed E-state index contributed by atoms with van der Waals surface area (Å²) in [5.41, 5.74) is 1.69. The van der Waals surface area contributed by atoms with E-state index >= 15 is 0 Å². The van der Waals surface area contributed by atoms with E-state index in [0.717, 1.165) is 12.7 Å². The van der Waals surface area contributed by atoms with Crippen LogP contribution < -0.4 is 0 Å². The van der Waals surface area contributed by atoms with Crippen molar-refractivity contribution in [3.05, 3.63) is 23.3 Å². The lowest BCUT2D eigenvalue weighted by Crippen LogP contribution is -2.27. The maximum atomic E-state index is 11.9. The Morgan fingerprint density at radius 3 is 2.53 bits per heavy atom. The Balaban J connectivity index is 2.85. The molecule has 1 aliphatic carbocycles. The monoisotopic (exact) mass is 206 g/mol. The first kappa shape index (κ1) is 11.9. The predicted octanol–water partition coefficient (Wildman–Crippen LogP) is 2.69. The summed E-state index contributed by atoms with van der Waals surface area (Å²) in [6.45, 7) is 7.88. The van der Waals surface area contributed by atoms with E-state index in [1.165, 1.54) is 11.6 Å². The van der Waals surface area contributed by atoms with Crippen molar-refractivity contribution in [3.8, 4) is 0 Å². The van der Waals surface area contributed by atoms with E-state index in [2.05, 4.69) is 26.8 Å². The molecule has 0 aromatic heterocycles. The van der Waals surface area contributed by atoms with Crippen LogP contribution in [-0.4, -0.2) is 12.1 Å². The SMILES string of the molecule is CC(C=O)=CC(=O)C1CC=C(C)C1(C)C. The summed E-state index contributed by atoms with van der Waals surface area (Å²) in [7, 11) is 0. The molecular formula is C13H18O2. The molecule has 1 rings (SSSR count). The van der Waals surface area contributed by atoms with E-state index in [1.807, 2.05) is 0 Å². The molecule has 0 amide bonds. The number of carbonyl (C=O) groups excluding carboxylic acids is 2. The molecule has 0 fully saturated rings. The van der Waals surface area contributed by atoms with Gasteiger partial charge in [-0.1, -0.05) is 25.5 Å². The minimum atomic E-state index is -0.0727. The van der Waals surface area contributed by atoms with Crippen LogP contribution in [0.3, 0.4) is 0 Å². The highest BCUT2D eigenvalue weighted by molar-refractivity contribution is 5.97. The molecular weight excluding hydrogens is 188 g/mol. The second-order valence-corrected chi connectivity index (χ2v) is 4.81. The average molecular weight is 206 g/mol. The van der Waals surface area contributed by atoms with Crippen LogP contribution in [0.5, 0.6) is 0 Å². The van der Waals surface area contributed by atoms with Gasteiger partial charge in [0.25, 0.3) is 0 Å². The fraction of sp³-hybridized carbons (Fsp3) is 0.538. The van der Waals surface area contributed by atoms with Crippen LogP contribution in [0, 0.1) is 11.3 Å². The van der Waals surface area contributed by atoms with E-state index in [4.69, 9.17) is 0 Å². The second kappa shape index (κ2) is 4.13. The Kier molecular flexibility index (Phi) is 3.28. The molecule has 0 aliphatic heterocycles. The maximum Gasteiger partial charge on any atom is 0.160 e. The quantitative estimate of drug-likeness (QED) is 0.404. The summed E-state index contributed by atoms with van der Waals surface area (Å²) in [5, 5.41) is 0. The number of hydrogen-bond acceptors (Lipinski definition) is 2. The fourth-order valence-corrected chi connectivity index (χ4v) is 1.96. The van der Waals surface area contributed by atoms with Crippen molar-refractivity contribution in [1.82, 2.24) is 0 Å². The molecule has 0 saturated heterocycles. The molecule has 0 saturated carbocycles. The molecule has 0 spiro atoms. The standard InChI is InChI=1S/C13H18O2/c1-9(8-14)7-12(15)11-6-5-10(2)13(11,3)4/h5,7-8,11H,6H2,1-4H3. The fourth-order valence-electron chi connectivity index (χ4n) is 1.96. The highest BCUT2D eigenvalue weighted by Crippen LogP contribution is 2.43. The summed E-state index contributed by atoms with van der Waals surface area (Å²) in [6, 6.07) is 0. The van der Waals surface area contributed by atoms with Gasteiger partial charge in [-0.05, 0) is 37.3 Å². The second-order valence-electron chi connectivity index (χ2n) is 4.81. The Morgan fingerprint density at radius 1 is 1.53 bits per heavy atom. The van der Waals surface area contributed by atoms with Gasteiger partial charge in [-0.2, -0.15) is 0 Å². The van der Waals surface area contributed by atoms with Crippen LogP contribution in [0.4, 0.5) is 0 Å². The Hall–Kier alpha value is -1.18. The first-order chi connectivity index (χ1) is 6.89. The molecule has 0 aromatic rings. The minimum Gasteiger partial charge on any atom is -0.298 e. The molecule has 15 heavy (non-hydrogen) atoms. The molecule has 82 valence electrons. The number of hydrogen-bond donors (Lipinski definition) is 0. The van der Waals surface area contributed by atoms with Gasteiger partial charge in [0.1, 0.15) is 6.29 Å². The van der Waals surface area contributed by atoms with Crippen molar-refractivity contribution < 1.29 is 9.59 Å². The minimum absolute atomic E-state index is 0.00704. The summed E-state index contributed by atoms with van der Waals surface area (Å²) < 4.78 is 0. The van der Waals surface area contributed by atoms with E-state index in [1.54, 1.807) is 6.92 Å². The van der Waals surface area contributed by atoms with Gasteiger partial charge in [0.05, 0.1) is 0 Å². The smallest absolute Gasteiger partial charge is 0.160 e. The molecule has 0 heterocycles. The highest BCUT2D eigenvalue weighted by Gasteiger charge is 2.38. The van der Waals surface area contributed by atoms with Crippen molar-refractivity contribution in [2.45, 2.75) is 34.1 Å². The van der Waals surface area contributed by atoms with Crippen LogP contribution in [0.1, 0.15) is 34.1 Å². The van der Waals surface area contributed by atoms with Gasteiger partial charge in [0.15, 0.2) is 5.78 Å². The Morgan fingerprint density at radius 2 is 2.13 bits per heavy atom. The lowest BCUT2D eigenvalue weighted by atomic mass is 9.75. The van der Waals surface area contributed by atoms with Crippen molar-refractivity contribution in [1.29, 1.82) is 0 Å². The normalized spacial score (nSPS) is 24.9. The van der Waals surface area contributed by atoms with Crippen LogP contribution in [-0.2, 0) is 9.59 Å². The maximum absolute atomic E-state index is 11.9. The predicted molar refractivity (Wildman–Crippen MR) is 60.5 cm³/mol. The largest absolute Gasteiger partial charge is 0.298 e. The number of rotatable bonds is 3. The van der Waals surface area contributed by atoms with Gasteiger partial charge >= 0.3 is 0 Å².